The first-order valence-corrected chi connectivity index (χ1v) is 28.4. The summed E-state index contributed by atoms with van der Waals surface area (Å²) in [6.07, 6.45) is 8.14. The summed E-state index contributed by atoms with van der Waals surface area (Å²) in [5.74, 6) is 0.694. The fraction of sp³-hybridized carbons (Fsp3) is 0.221. The molecule has 7 aliphatic carbocycles. The minimum atomic E-state index is -0.221. The first-order chi connectivity index (χ1) is 37.1. The van der Waals surface area contributed by atoms with Crippen molar-refractivity contribution in [2.75, 3.05) is 0 Å². The second kappa shape index (κ2) is 16.0. The van der Waals surface area contributed by atoms with E-state index in [0.29, 0.717) is 5.92 Å². The number of benzene rings is 9. The zero-order valence-corrected chi connectivity index (χ0v) is 48.7. The molecule has 0 saturated carbocycles. The predicted molar refractivity (Wildman–Crippen MR) is 338 cm³/mol. The van der Waals surface area contributed by atoms with Gasteiger partial charge in [0, 0.05) is 39.4 Å². The number of hydrogen-bond acceptors (Lipinski definition) is 0. The topological polar surface area (TPSA) is 0 Å². The summed E-state index contributed by atoms with van der Waals surface area (Å²) in [6.45, 7) is 26.7. The van der Waals surface area contributed by atoms with Gasteiger partial charge < -0.3 is 0 Å². The molecular formula is C77H65I. The molecule has 0 saturated heterocycles. The van der Waals surface area contributed by atoms with Gasteiger partial charge in [0.1, 0.15) is 0 Å². The van der Waals surface area contributed by atoms with Gasteiger partial charge in [-0.1, -0.05) is 232 Å². The van der Waals surface area contributed by atoms with E-state index in [0.717, 1.165) is 12.0 Å². The molecule has 3 unspecified atom stereocenters. The second-order valence-electron chi connectivity index (χ2n) is 25.9. The fourth-order valence-electron chi connectivity index (χ4n) is 16.6. The van der Waals surface area contributed by atoms with Crippen molar-refractivity contribution in [2.45, 2.75) is 108 Å². The molecule has 0 amide bonds. The smallest absolute Gasteiger partial charge is 0.0308 e. The Hall–Kier alpha value is -7.07. The van der Waals surface area contributed by atoms with Crippen molar-refractivity contribution in [3.8, 4) is 66.8 Å². The van der Waals surface area contributed by atoms with Gasteiger partial charge in [-0.3, -0.25) is 0 Å². The van der Waals surface area contributed by atoms with Crippen LogP contribution in [0.4, 0.5) is 0 Å². The molecule has 0 radical (unpaired) electrons. The van der Waals surface area contributed by atoms with Crippen molar-refractivity contribution in [3.63, 3.8) is 0 Å². The van der Waals surface area contributed by atoms with Gasteiger partial charge in [0.2, 0.25) is 0 Å². The lowest BCUT2D eigenvalue weighted by Gasteiger charge is -2.32. The quantitative estimate of drug-likeness (QED) is 0.154. The van der Waals surface area contributed by atoms with Crippen molar-refractivity contribution in [1.82, 2.24) is 0 Å². The molecule has 0 aromatic heterocycles. The molecule has 0 nitrogen and oxygen atoms in total. The van der Waals surface area contributed by atoms with Gasteiger partial charge in [-0.2, -0.15) is 0 Å². The average Bonchev–Trinajstić information content (AvgIpc) is 3.65. The summed E-state index contributed by atoms with van der Waals surface area (Å²) in [5, 5.41) is 0. The van der Waals surface area contributed by atoms with Crippen LogP contribution >= 0.6 is 24.0 Å². The molecule has 9 aromatic carbocycles. The SMILES string of the molecule is C=C1c2ccccc2-c2c1ccc1c2-c2cc3c(cc2C1(C)C)-c1ccc(C(C2=CC=CCC2c2ccccc2)c2ccc4c(c2)C(C)(C)c2cc5c(cc2-4)C(C)(C)c2ccc4c(c2-5)-c2ccccc2C4C)cc1C3(C)C.I. The standard InChI is InChI=1S/C77H64.HI/c1-42-47-22-14-17-25-54(47)70-49(42)32-34-61-72(70)59-40-65-57(38-67(59)74(61,3)4)52-30-28-45(36-63(52)76(65,7)8)69(56-27-19-16-24-51(56)44-20-12-11-13-21-44)46-29-31-53-58-39-68-60(41-66(58)77(9,10)64(53)37-46)73-62(75(68,5)6)35-33-50-43(2)48-23-15-18-26-55(48)71(50)73;/h11-23,25-41,43,51,69H,1,24H2,2-10H3;1H. The molecule has 0 fully saturated rings. The molecule has 0 heterocycles. The minimum absolute atomic E-state index is 0. The van der Waals surface area contributed by atoms with Gasteiger partial charge in [0.25, 0.3) is 0 Å². The third-order valence-corrected chi connectivity index (χ3v) is 20.8. The van der Waals surface area contributed by atoms with Gasteiger partial charge in [-0.25, -0.2) is 0 Å². The lowest BCUT2D eigenvalue weighted by atomic mass is 9.71. The van der Waals surface area contributed by atoms with Gasteiger partial charge in [0.15, 0.2) is 0 Å². The Morgan fingerprint density at radius 3 is 1.49 bits per heavy atom. The maximum absolute atomic E-state index is 4.63. The molecule has 3 atom stereocenters. The largest absolute Gasteiger partial charge is 0.107 e. The number of allylic oxidation sites excluding steroid dienone is 4. The summed E-state index contributed by atoms with van der Waals surface area (Å²) in [7, 11) is 0. The summed E-state index contributed by atoms with van der Waals surface area (Å²) in [5.41, 5.74) is 39.7. The van der Waals surface area contributed by atoms with E-state index in [2.05, 4.69) is 251 Å². The Morgan fingerprint density at radius 1 is 0.397 bits per heavy atom. The summed E-state index contributed by atoms with van der Waals surface area (Å²) in [4.78, 5) is 0. The van der Waals surface area contributed by atoms with E-state index in [4.69, 9.17) is 0 Å². The zero-order chi connectivity index (χ0) is 52.4. The minimum Gasteiger partial charge on any atom is -0.107 e. The number of hydrogen-bond donors (Lipinski definition) is 0. The van der Waals surface area contributed by atoms with Crippen LogP contribution in [0.2, 0.25) is 0 Å². The first kappa shape index (κ1) is 48.1. The molecule has 0 N–H and O–H groups in total. The highest BCUT2D eigenvalue weighted by Gasteiger charge is 2.47. The molecule has 78 heavy (non-hydrogen) atoms. The summed E-state index contributed by atoms with van der Waals surface area (Å²) >= 11 is 0. The van der Waals surface area contributed by atoms with Gasteiger partial charge in [-0.15, -0.1) is 24.0 Å². The van der Waals surface area contributed by atoms with Gasteiger partial charge in [-0.05, 0) is 186 Å². The van der Waals surface area contributed by atoms with Crippen molar-refractivity contribution < 1.29 is 0 Å². The van der Waals surface area contributed by atoms with Crippen LogP contribution in [-0.4, -0.2) is 0 Å². The van der Waals surface area contributed by atoms with E-state index in [-0.39, 0.29) is 57.5 Å². The van der Waals surface area contributed by atoms with E-state index < -0.39 is 0 Å². The highest BCUT2D eigenvalue weighted by atomic mass is 127. The monoisotopic (exact) mass is 1120 g/mol. The van der Waals surface area contributed by atoms with Crippen molar-refractivity contribution in [3.05, 3.63) is 278 Å². The molecule has 16 rings (SSSR count). The Balaban J connectivity index is 0.00000529. The highest BCUT2D eigenvalue weighted by molar-refractivity contribution is 14.0. The number of rotatable bonds is 4. The van der Waals surface area contributed by atoms with E-state index in [1.165, 1.54) is 156 Å². The van der Waals surface area contributed by atoms with Crippen molar-refractivity contribution >= 4 is 29.5 Å². The van der Waals surface area contributed by atoms with Crippen molar-refractivity contribution in [2.24, 2.45) is 0 Å². The van der Waals surface area contributed by atoms with Crippen LogP contribution in [0.5, 0.6) is 0 Å². The van der Waals surface area contributed by atoms with Gasteiger partial charge >= 0.3 is 0 Å². The van der Waals surface area contributed by atoms with E-state index >= 15 is 0 Å². The van der Waals surface area contributed by atoms with Crippen LogP contribution < -0.4 is 0 Å². The maximum Gasteiger partial charge on any atom is 0.0308 e. The maximum atomic E-state index is 4.63. The van der Waals surface area contributed by atoms with Crippen LogP contribution in [0.1, 0.15) is 170 Å². The van der Waals surface area contributed by atoms with Crippen LogP contribution in [0.15, 0.2) is 194 Å². The molecule has 7 aliphatic rings. The van der Waals surface area contributed by atoms with E-state index in [9.17, 15) is 0 Å². The lowest BCUT2D eigenvalue weighted by molar-refractivity contribution is 0.649. The van der Waals surface area contributed by atoms with Crippen LogP contribution in [0, 0.1) is 0 Å². The summed E-state index contributed by atoms with van der Waals surface area (Å²) in [6, 6.07) is 64.6. The van der Waals surface area contributed by atoms with Crippen molar-refractivity contribution in [1.29, 1.82) is 0 Å². The fourth-order valence-corrected chi connectivity index (χ4v) is 16.6. The normalized spacial score (nSPS) is 19.6. The molecular weight excluding hydrogens is 1050 g/mol. The Labute approximate surface area is 478 Å². The lowest BCUT2D eigenvalue weighted by Crippen LogP contribution is -2.19. The van der Waals surface area contributed by atoms with E-state index in [1.807, 2.05) is 0 Å². The molecule has 0 bridgehead atoms. The highest BCUT2D eigenvalue weighted by Crippen LogP contribution is 2.63. The molecule has 380 valence electrons. The molecule has 9 aromatic rings. The Kier molecular flexibility index (Phi) is 9.89. The van der Waals surface area contributed by atoms with Crippen LogP contribution in [-0.2, 0) is 21.7 Å². The Morgan fingerprint density at radius 2 is 0.872 bits per heavy atom. The Bertz CT molecular complexity index is 4270. The van der Waals surface area contributed by atoms with Gasteiger partial charge in [0.05, 0.1) is 0 Å². The molecule has 0 aliphatic heterocycles. The van der Waals surface area contributed by atoms with Crippen LogP contribution in [0.25, 0.3) is 72.3 Å². The second-order valence-corrected chi connectivity index (χ2v) is 25.9. The van der Waals surface area contributed by atoms with E-state index in [1.54, 1.807) is 0 Å². The average molecular weight is 1120 g/mol. The number of fused-ring (bicyclic) bond motifs is 20. The molecule has 1 heteroatoms. The van der Waals surface area contributed by atoms with Crippen LogP contribution in [0.3, 0.4) is 0 Å². The first-order valence-electron chi connectivity index (χ1n) is 28.4. The number of halogens is 1. The molecule has 0 spiro atoms. The zero-order valence-electron chi connectivity index (χ0n) is 46.4. The predicted octanol–water partition coefficient (Wildman–Crippen LogP) is 20.5. The third kappa shape index (κ3) is 6.02. The summed E-state index contributed by atoms with van der Waals surface area (Å²) < 4.78 is 0. The third-order valence-electron chi connectivity index (χ3n) is 20.8.